The van der Waals surface area contributed by atoms with Crippen LogP contribution in [0.4, 0.5) is 0 Å². The molecule has 1 atom stereocenters. The van der Waals surface area contributed by atoms with Gasteiger partial charge in [-0.15, -0.1) is 0 Å². The van der Waals surface area contributed by atoms with Crippen molar-refractivity contribution in [2.45, 2.75) is 26.4 Å². The van der Waals surface area contributed by atoms with Crippen molar-refractivity contribution in [2.24, 2.45) is 0 Å². The highest BCUT2D eigenvalue weighted by atomic mass is 16.5. The zero-order chi connectivity index (χ0) is 17.8. The van der Waals surface area contributed by atoms with Gasteiger partial charge in [-0.25, -0.2) is 9.59 Å². The maximum atomic E-state index is 12.3. The number of fused-ring (bicyclic) bond motifs is 1. The molecule has 3 rings (SSSR count). The van der Waals surface area contributed by atoms with Gasteiger partial charge in [-0.3, -0.25) is 0 Å². The Morgan fingerprint density at radius 3 is 2.48 bits per heavy atom. The van der Waals surface area contributed by atoms with Gasteiger partial charge in [0.05, 0.1) is 11.7 Å². The van der Waals surface area contributed by atoms with Crippen LogP contribution in [0.2, 0.25) is 0 Å². The number of hydrogen-bond acceptors (Lipinski definition) is 5. The van der Waals surface area contributed by atoms with Crippen LogP contribution in [0.25, 0.3) is 11.0 Å². The highest BCUT2D eigenvalue weighted by Gasteiger charge is 2.10. The van der Waals surface area contributed by atoms with E-state index in [1.54, 1.807) is 48.5 Å². The quantitative estimate of drug-likeness (QED) is 0.396. The molecule has 5 nitrogen and oxygen atoms in total. The lowest BCUT2D eigenvalue weighted by Gasteiger charge is -2.12. The zero-order valence-electron chi connectivity index (χ0n) is 14.0. The molecule has 0 amide bonds. The first-order valence-electron chi connectivity index (χ1n) is 8.08. The first-order chi connectivity index (χ1) is 12.0. The topological polar surface area (TPSA) is 65.7 Å². The predicted octanol–water partition coefficient (Wildman–Crippen LogP) is 4.19. The summed E-state index contributed by atoms with van der Waals surface area (Å²) in [5, 5.41) is 0.683. The molecule has 0 spiro atoms. The zero-order valence-corrected chi connectivity index (χ0v) is 14.0. The van der Waals surface area contributed by atoms with E-state index in [0.717, 1.165) is 6.42 Å². The molecule has 5 heteroatoms. The van der Waals surface area contributed by atoms with Crippen LogP contribution in [0, 0.1) is 0 Å². The summed E-state index contributed by atoms with van der Waals surface area (Å²) >= 11 is 0. The number of carbonyl (C=O) groups excluding carboxylic acids is 1. The lowest BCUT2D eigenvalue weighted by Crippen LogP contribution is -2.11. The maximum Gasteiger partial charge on any atom is 0.343 e. The molecule has 2 aromatic carbocycles. The number of hydrogen-bond donors (Lipinski definition) is 0. The minimum Gasteiger partial charge on any atom is -0.491 e. The fraction of sp³-hybridized carbons (Fsp3) is 0.200. The van der Waals surface area contributed by atoms with Gasteiger partial charge in [0.15, 0.2) is 0 Å². The summed E-state index contributed by atoms with van der Waals surface area (Å²) in [6.45, 7) is 4.04. The van der Waals surface area contributed by atoms with E-state index in [2.05, 4.69) is 0 Å². The van der Waals surface area contributed by atoms with E-state index in [9.17, 15) is 9.59 Å². The van der Waals surface area contributed by atoms with Crippen molar-refractivity contribution in [1.82, 2.24) is 0 Å². The van der Waals surface area contributed by atoms with Gasteiger partial charge in [0.1, 0.15) is 17.1 Å². The summed E-state index contributed by atoms with van der Waals surface area (Å²) in [4.78, 5) is 23.4. The van der Waals surface area contributed by atoms with E-state index < -0.39 is 11.6 Å². The van der Waals surface area contributed by atoms with Gasteiger partial charge in [0.25, 0.3) is 0 Å². The summed E-state index contributed by atoms with van der Waals surface area (Å²) < 4.78 is 16.1. The fourth-order valence-corrected chi connectivity index (χ4v) is 2.26. The van der Waals surface area contributed by atoms with Crippen LogP contribution in [0.1, 0.15) is 30.6 Å². The summed E-state index contributed by atoms with van der Waals surface area (Å²) in [6, 6.07) is 14.6. The summed E-state index contributed by atoms with van der Waals surface area (Å²) in [5.74, 6) is 0.629. The van der Waals surface area contributed by atoms with E-state index in [1.807, 2.05) is 13.8 Å². The van der Waals surface area contributed by atoms with Gasteiger partial charge in [0, 0.05) is 11.5 Å². The summed E-state index contributed by atoms with van der Waals surface area (Å²) in [5.41, 5.74) is 0.451. The van der Waals surface area contributed by atoms with Crippen LogP contribution in [0.5, 0.6) is 11.5 Å². The number of rotatable bonds is 5. The van der Waals surface area contributed by atoms with Crippen LogP contribution >= 0.6 is 0 Å². The monoisotopic (exact) mass is 338 g/mol. The smallest absolute Gasteiger partial charge is 0.343 e. The van der Waals surface area contributed by atoms with Gasteiger partial charge in [-0.2, -0.15) is 0 Å². The number of benzene rings is 2. The Kier molecular flexibility index (Phi) is 4.84. The Balaban J connectivity index is 1.73. The second kappa shape index (κ2) is 7.21. The average molecular weight is 338 g/mol. The predicted molar refractivity (Wildman–Crippen MR) is 94.3 cm³/mol. The molecule has 128 valence electrons. The third-order valence-corrected chi connectivity index (χ3v) is 3.80. The van der Waals surface area contributed by atoms with Crippen molar-refractivity contribution >= 4 is 16.9 Å². The lowest BCUT2D eigenvalue weighted by molar-refractivity contribution is 0.0735. The first-order valence-corrected chi connectivity index (χ1v) is 8.08. The third-order valence-electron chi connectivity index (χ3n) is 3.80. The molecule has 3 aromatic rings. The van der Waals surface area contributed by atoms with Crippen molar-refractivity contribution in [1.29, 1.82) is 0 Å². The van der Waals surface area contributed by atoms with Crippen LogP contribution < -0.4 is 15.1 Å². The minimum absolute atomic E-state index is 0.121. The SMILES string of the molecule is CC[C@H](C)Oc1ccc(C(=O)Oc2ccc3oc(=O)ccc3c2)cc1. The van der Waals surface area contributed by atoms with Crippen LogP contribution in [0.15, 0.2) is 63.8 Å². The summed E-state index contributed by atoms with van der Waals surface area (Å²) in [6.07, 6.45) is 1.03. The molecular weight excluding hydrogens is 320 g/mol. The van der Waals surface area contributed by atoms with E-state index in [-0.39, 0.29) is 6.10 Å². The minimum atomic E-state index is -0.466. The van der Waals surface area contributed by atoms with Crippen molar-refractivity contribution in [2.75, 3.05) is 0 Å². The molecule has 25 heavy (non-hydrogen) atoms. The van der Waals surface area contributed by atoms with Gasteiger partial charge in [0.2, 0.25) is 0 Å². The third kappa shape index (κ3) is 4.07. The molecule has 1 heterocycles. The molecule has 1 aromatic heterocycles. The van der Waals surface area contributed by atoms with Crippen molar-refractivity contribution in [3.05, 3.63) is 70.6 Å². The van der Waals surface area contributed by atoms with Crippen molar-refractivity contribution in [3.8, 4) is 11.5 Å². The molecule has 0 fully saturated rings. The Bertz CT molecular complexity index is 940. The van der Waals surface area contributed by atoms with E-state index in [1.165, 1.54) is 6.07 Å². The molecule has 0 unspecified atom stereocenters. The Morgan fingerprint density at radius 1 is 1.04 bits per heavy atom. The molecule has 0 saturated carbocycles. The largest absolute Gasteiger partial charge is 0.491 e. The van der Waals surface area contributed by atoms with Gasteiger partial charge < -0.3 is 13.9 Å². The van der Waals surface area contributed by atoms with Crippen molar-refractivity contribution < 1.29 is 18.7 Å². The van der Waals surface area contributed by atoms with E-state index >= 15 is 0 Å². The van der Waals surface area contributed by atoms with Crippen LogP contribution in [-0.4, -0.2) is 12.1 Å². The highest BCUT2D eigenvalue weighted by molar-refractivity contribution is 5.91. The normalized spacial score (nSPS) is 11.9. The molecule has 0 saturated heterocycles. The van der Waals surface area contributed by atoms with Gasteiger partial charge in [-0.05, 0) is 61.9 Å². The van der Waals surface area contributed by atoms with Gasteiger partial charge in [-0.1, -0.05) is 6.92 Å². The Morgan fingerprint density at radius 2 is 1.76 bits per heavy atom. The number of carbonyl (C=O) groups is 1. The maximum absolute atomic E-state index is 12.3. The standard InChI is InChI=1S/C20H18O5/c1-3-13(2)23-16-7-4-14(5-8-16)20(22)24-17-9-10-18-15(12-17)6-11-19(21)25-18/h4-13H,3H2,1-2H3/t13-/m0/s1. The molecule has 0 bridgehead atoms. The summed E-state index contributed by atoms with van der Waals surface area (Å²) in [7, 11) is 0. The highest BCUT2D eigenvalue weighted by Crippen LogP contribution is 2.21. The molecule has 0 aliphatic heterocycles. The van der Waals surface area contributed by atoms with Crippen molar-refractivity contribution in [3.63, 3.8) is 0 Å². The molecule has 0 N–H and O–H groups in total. The molecule has 0 radical (unpaired) electrons. The molecule has 0 aliphatic carbocycles. The molecule has 0 aliphatic rings. The van der Waals surface area contributed by atoms with E-state index in [4.69, 9.17) is 13.9 Å². The number of ether oxygens (including phenoxy) is 2. The fourth-order valence-electron chi connectivity index (χ4n) is 2.26. The Labute approximate surface area is 144 Å². The molecular formula is C20H18O5. The van der Waals surface area contributed by atoms with E-state index in [0.29, 0.717) is 28.0 Å². The average Bonchev–Trinajstić information content (AvgIpc) is 2.62. The second-order valence-electron chi connectivity index (χ2n) is 5.70. The Hall–Kier alpha value is -3.08. The second-order valence-corrected chi connectivity index (χ2v) is 5.70. The first kappa shape index (κ1) is 16.8. The van der Waals surface area contributed by atoms with Gasteiger partial charge >= 0.3 is 11.6 Å². The van der Waals surface area contributed by atoms with Crippen LogP contribution in [-0.2, 0) is 0 Å². The lowest BCUT2D eigenvalue weighted by atomic mass is 10.2. The van der Waals surface area contributed by atoms with Crippen LogP contribution in [0.3, 0.4) is 0 Å². The number of esters is 1.